The highest BCUT2D eigenvalue weighted by atomic mass is 16.5. The number of ether oxygens (including phenoxy) is 1. The summed E-state index contributed by atoms with van der Waals surface area (Å²) in [6.45, 7) is 8.12. The van der Waals surface area contributed by atoms with E-state index < -0.39 is 0 Å². The van der Waals surface area contributed by atoms with Crippen LogP contribution in [0.5, 0.6) is 0 Å². The Morgan fingerprint density at radius 1 is 1.50 bits per heavy atom. The number of carbonyl (C=O) groups is 1. The van der Waals surface area contributed by atoms with Gasteiger partial charge in [-0.1, -0.05) is 20.3 Å². The Morgan fingerprint density at radius 2 is 2.14 bits per heavy atom. The van der Waals surface area contributed by atoms with Gasteiger partial charge in [0.2, 0.25) is 0 Å². The van der Waals surface area contributed by atoms with Gasteiger partial charge in [-0.05, 0) is 37.5 Å². The molecule has 0 aromatic heterocycles. The fraction of sp³-hybridized carbons (Fsp3) is 0.917. The third-order valence-corrected chi connectivity index (χ3v) is 3.26. The molecule has 0 radical (unpaired) electrons. The first-order valence-electron chi connectivity index (χ1n) is 5.58. The molecule has 1 aliphatic rings. The van der Waals surface area contributed by atoms with Gasteiger partial charge < -0.3 is 4.74 Å². The molecule has 2 atom stereocenters. The van der Waals surface area contributed by atoms with E-state index in [4.69, 9.17) is 4.74 Å². The molecule has 0 heterocycles. The second-order valence-corrected chi connectivity index (χ2v) is 5.34. The van der Waals surface area contributed by atoms with Crippen molar-refractivity contribution in [1.29, 1.82) is 0 Å². The molecule has 1 fully saturated rings. The van der Waals surface area contributed by atoms with Crippen LogP contribution in [-0.4, -0.2) is 12.1 Å². The summed E-state index contributed by atoms with van der Waals surface area (Å²) in [5.41, 5.74) is 0.428. The minimum atomic E-state index is -0.152. The zero-order valence-electron chi connectivity index (χ0n) is 9.80. The Bertz CT molecular complexity index is 208. The van der Waals surface area contributed by atoms with Crippen molar-refractivity contribution in [2.24, 2.45) is 11.3 Å². The second kappa shape index (κ2) is 4.33. The lowest BCUT2D eigenvalue weighted by molar-refractivity contribution is -0.149. The molecule has 1 aliphatic carbocycles. The summed E-state index contributed by atoms with van der Waals surface area (Å²) in [6.07, 6.45) is 5.05. The number of hydrogen-bond acceptors (Lipinski definition) is 2. The van der Waals surface area contributed by atoms with Gasteiger partial charge in [0.25, 0.3) is 0 Å². The van der Waals surface area contributed by atoms with Gasteiger partial charge in [0.05, 0.1) is 0 Å². The van der Waals surface area contributed by atoms with Crippen LogP contribution in [0.4, 0.5) is 0 Å². The molecule has 1 rings (SSSR count). The predicted molar refractivity (Wildman–Crippen MR) is 57.0 cm³/mol. The summed E-state index contributed by atoms with van der Waals surface area (Å²) >= 11 is 0. The molecule has 0 amide bonds. The van der Waals surface area contributed by atoms with Gasteiger partial charge in [-0.2, -0.15) is 0 Å². The smallest absolute Gasteiger partial charge is 0.302 e. The quantitative estimate of drug-likeness (QED) is 0.637. The average Bonchev–Trinajstić information content (AvgIpc) is 2.01. The van der Waals surface area contributed by atoms with Gasteiger partial charge in [0.15, 0.2) is 0 Å². The van der Waals surface area contributed by atoms with Crippen molar-refractivity contribution in [2.45, 2.75) is 59.5 Å². The zero-order valence-corrected chi connectivity index (χ0v) is 9.80. The maximum Gasteiger partial charge on any atom is 0.302 e. The van der Waals surface area contributed by atoms with Crippen molar-refractivity contribution in [3.05, 3.63) is 0 Å². The van der Waals surface area contributed by atoms with Gasteiger partial charge in [-0.15, -0.1) is 0 Å². The van der Waals surface area contributed by atoms with Gasteiger partial charge in [0, 0.05) is 6.92 Å². The Hall–Kier alpha value is -0.530. The first-order chi connectivity index (χ1) is 6.41. The summed E-state index contributed by atoms with van der Waals surface area (Å²) in [5.74, 6) is 0.406. The number of hydrogen-bond donors (Lipinski definition) is 0. The van der Waals surface area contributed by atoms with E-state index in [0.717, 1.165) is 0 Å². The first kappa shape index (κ1) is 11.5. The van der Waals surface area contributed by atoms with E-state index in [9.17, 15) is 4.79 Å². The Kier molecular flexibility index (Phi) is 3.57. The largest absolute Gasteiger partial charge is 0.463 e. The monoisotopic (exact) mass is 198 g/mol. The Morgan fingerprint density at radius 3 is 2.64 bits per heavy atom. The minimum Gasteiger partial charge on any atom is -0.463 e. The van der Waals surface area contributed by atoms with Crippen LogP contribution in [0.1, 0.15) is 53.4 Å². The Balaban J connectivity index is 2.47. The molecule has 2 heteroatoms. The van der Waals surface area contributed by atoms with Crippen LogP contribution < -0.4 is 0 Å². The van der Waals surface area contributed by atoms with E-state index in [1.54, 1.807) is 0 Å². The molecule has 0 unspecified atom stereocenters. The predicted octanol–water partition coefficient (Wildman–Crippen LogP) is 3.15. The molecule has 0 aromatic carbocycles. The fourth-order valence-corrected chi connectivity index (χ4v) is 2.52. The van der Waals surface area contributed by atoms with Crippen LogP contribution in [-0.2, 0) is 9.53 Å². The van der Waals surface area contributed by atoms with E-state index in [-0.39, 0.29) is 12.1 Å². The standard InChI is InChI=1S/C12H22O2/c1-9(14-10(2)13)11-6-5-7-12(3,4)8-11/h9,11H,5-8H2,1-4H3/t9-,11+/m1/s1. The lowest BCUT2D eigenvalue weighted by atomic mass is 9.71. The van der Waals surface area contributed by atoms with E-state index in [0.29, 0.717) is 11.3 Å². The van der Waals surface area contributed by atoms with Crippen LogP contribution in [0.2, 0.25) is 0 Å². The van der Waals surface area contributed by atoms with E-state index >= 15 is 0 Å². The molecule has 0 aromatic rings. The van der Waals surface area contributed by atoms with Gasteiger partial charge in [-0.25, -0.2) is 0 Å². The lowest BCUT2D eigenvalue weighted by Crippen LogP contribution is -2.31. The topological polar surface area (TPSA) is 26.3 Å². The SMILES string of the molecule is CC(=O)O[C@H](C)[C@H]1CCCC(C)(C)C1. The van der Waals surface area contributed by atoms with Gasteiger partial charge in [-0.3, -0.25) is 4.79 Å². The third-order valence-electron chi connectivity index (χ3n) is 3.26. The van der Waals surface area contributed by atoms with Crippen LogP contribution in [0.25, 0.3) is 0 Å². The third kappa shape index (κ3) is 3.32. The Labute approximate surface area is 87.0 Å². The van der Waals surface area contributed by atoms with Crippen LogP contribution in [0, 0.1) is 11.3 Å². The van der Waals surface area contributed by atoms with Crippen LogP contribution in [0.3, 0.4) is 0 Å². The first-order valence-corrected chi connectivity index (χ1v) is 5.58. The minimum absolute atomic E-state index is 0.0899. The van der Waals surface area contributed by atoms with E-state index in [1.807, 2.05) is 6.92 Å². The highest BCUT2D eigenvalue weighted by Gasteiger charge is 2.31. The maximum absolute atomic E-state index is 10.8. The van der Waals surface area contributed by atoms with Crippen LogP contribution in [0.15, 0.2) is 0 Å². The average molecular weight is 198 g/mol. The van der Waals surface area contributed by atoms with Crippen molar-refractivity contribution in [1.82, 2.24) is 0 Å². The van der Waals surface area contributed by atoms with Crippen molar-refractivity contribution < 1.29 is 9.53 Å². The molecule has 82 valence electrons. The number of rotatable bonds is 2. The molecule has 0 saturated heterocycles. The summed E-state index contributed by atoms with van der Waals surface area (Å²) in [6, 6.07) is 0. The molecule has 1 saturated carbocycles. The molecular weight excluding hydrogens is 176 g/mol. The fourth-order valence-electron chi connectivity index (χ4n) is 2.52. The molecular formula is C12H22O2. The normalized spacial score (nSPS) is 28.1. The molecule has 2 nitrogen and oxygen atoms in total. The van der Waals surface area contributed by atoms with Crippen molar-refractivity contribution in [2.75, 3.05) is 0 Å². The zero-order chi connectivity index (χ0) is 10.8. The molecule has 0 aliphatic heterocycles. The molecule has 0 N–H and O–H groups in total. The molecule has 0 bridgehead atoms. The number of esters is 1. The van der Waals surface area contributed by atoms with Gasteiger partial charge >= 0.3 is 5.97 Å². The summed E-state index contributed by atoms with van der Waals surface area (Å²) in [5, 5.41) is 0. The lowest BCUT2D eigenvalue weighted by Gasteiger charge is -2.37. The number of carbonyl (C=O) groups excluding carboxylic acids is 1. The van der Waals surface area contributed by atoms with Crippen LogP contribution >= 0.6 is 0 Å². The highest BCUT2D eigenvalue weighted by Crippen LogP contribution is 2.40. The summed E-state index contributed by atoms with van der Waals surface area (Å²) in [7, 11) is 0. The van der Waals surface area contributed by atoms with E-state index in [1.165, 1.54) is 32.6 Å². The summed E-state index contributed by atoms with van der Waals surface area (Å²) in [4.78, 5) is 10.8. The second-order valence-electron chi connectivity index (χ2n) is 5.34. The molecule has 0 spiro atoms. The van der Waals surface area contributed by atoms with Crippen molar-refractivity contribution in [3.63, 3.8) is 0 Å². The van der Waals surface area contributed by atoms with Crippen molar-refractivity contribution in [3.8, 4) is 0 Å². The van der Waals surface area contributed by atoms with Crippen molar-refractivity contribution >= 4 is 5.97 Å². The molecule has 14 heavy (non-hydrogen) atoms. The van der Waals surface area contributed by atoms with E-state index in [2.05, 4.69) is 13.8 Å². The van der Waals surface area contributed by atoms with Gasteiger partial charge in [0.1, 0.15) is 6.10 Å². The highest BCUT2D eigenvalue weighted by molar-refractivity contribution is 5.66. The summed E-state index contributed by atoms with van der Waals surface area (Å²) < 4.78 is 5.24. The maximum atomic E-state index is 10.8.